The number of hydrogen-bond donors (Lipinski definition) is 1. The Hall–Kier alpha value is -2.74. The molecule has 3 amide bonds. The van der Waals surface area contributed by atoms with Gasteiger partial charge in [0.25, 0.3) is 0 Å². The number of aromatic nitrogens is 1. The highest BCUT2D eigenvalue weighted by Gasteiger charge is 2.39. The second-order valence-electron chi connectivity index (χ2n) is 6.60. The van der Waals surface area contributed by atoms with Gasteiger partial charge in [0.1, 0.15) is 11.0 Å². The van der Waals surface area contributed by atoms with Crippen LogP contribution in [0, 0.1) is 0 Å². The first-order valence-corrected chi connectivity index (χ1v) is 10.3. The summed E-state index contributed by atoms with van der Waals surface area (Å²) in [6, 6.07) is 8.25. The Balaban J connectivity index is 1.78. The molecular formula is C20H24N4O3S. The summed E-state index contributed by atoms with van der Waals surface area (Å²) in [6.45, 7) is 3.67. The van der Waals surface area contributed by atoms with Crippen molar-refractivity contribution in [3.8, 4) is 0 Å². The van der Waals surface area contributed by atoms with E-state index in [1.165, 1.54) is 16.2 Å². The van der Waals surface area contributed by atoms with Crippen LogP contribution >= 0.6 is 11.3 Å². The van der Waals surface area contributed by atoms with E-state index in [0.717, 1.165) is 17.8 Å². The van der Waals surface area contributed by atoms with Crippen LogP contribution in [0.15, 0.2) is 41.9 Å². The van der Waals surface area contributed by atoms with Crippen molar-refractivity contribution < 1.29 is 14.4 Å². The molecule has 1 aromatic heterocycles. The zero-order valence-electron chi connectivity index (χ0n) is 15.8. The van der Waals surface area contributed by atoms with Gasteiger partial charge in [-0.2, -0.15) is 0 Å². The van der Waals surface area contributed by atoms with Crippen LogP contribution < -0.4 is 5.32 Å². The van der Waals surface area contributed by atoms with Crippen LogP contribution in [0.2, 0.25) is 0 Å². The molecule has 7 nitrogen and oxygen atoms in total. The number of nitrogens with zero attached hydrogens (tertiary/aromatic N) is 3. The first kappa shape index (κ1) is 20.0. The molecule has 0 aliphatic carbocycles. The molecule has 0 bridgehead atoms. The fourth-order valence-electron chi connectivity index (χ4n) is 3.21. The maximum Gasteiger partial charge on any atom is 0.313 e. The van der Waals surface area contributed by atoms with Crippen molar-refractivity contribution in [3.63, 3.8) is 0 Å². The van der Waals surface area contributed by atoms with Crippen LogP contribution in [0.3, 0.4) is 0 Å². The summed E-state index contributed by atoms with van der Waals surface area (Å²) in [6.07, 6.45) is 3.49. The Labute approximate surface area is 168 Å². The van der Waals surface area contributed by atoms with E-state index >= 15 is 0 Å². The van der Waals surface area contributed by atoms with Gasteiger partial charge in [-0.25, -0.2) is 4.98 Å². The SMILES string of the molecule is CCCCN1CCN([C@@H](C(=O)NCc2nccs2)c2ccccc2)C(=O)C1=O. The summed E-state index contributed by atoms with van der Waals surface area (Å²) >= 11 is 1.45. The van der Waals surface area contributed by atoms with Crippen molar-refractivity contribution in [3.05, 3.63) is 52.5 Å². The summed E-state index contributed by atoms with van der Waals surface area (Å²) < 4.78 is 0. The van der Waals surface area contributed by atoms with Crippen LogP contribution in [-0.2, 0) is 20.9 Å². The van der Waals surface area contributed by atoms with Crippen molar-refractivity contribution in [2.75, 3.05) is 19.6 Å². The second kappa shape index (κ2) is 9.45. The van der Waals surface area contributed by atoms with E-state index in [1.807, 2.05) is 30.5 Å². The molecule has 8 heteroatoms. The first-order valence-electron chi connectivity index (χ1n) is 9.42. The third kappa shape index (κ3) is 4.56. The molecule has 148 valence electrons. The molecule has 0 spiro atoms. The summed E-state index contributed by atoms with van der Waals surface area (Å²) in [7, 11) is 0. The molecule has 2 heterocycles. The lowest BCUT2D eigenvalue weighted by atomic mass is 10.0. The number of thiazole rings is 1. The van der Waals surface area contributed by atoms with Crippen molar-refractivity contribution >= 4 is 29.1 Å². The average molecular weight is 401 g/mol. The van der Waals surface area contributed by atoms with Gasteiger partial charge >= 0.3 is 11.8 Å². The topological polar surface area (TPSA) is 82.6 Å². The molecule has 1 saturated heterocycles. The van der Waals surface area contributed by atoms with Crippen molar-refractivity contribution in [1.29, 1.82) is 0 Å². The summed E-state index contributed by atoms with van der Waals surface area (Å²) in [4.78, 5) is 45.5. The molecule has 0 saturated carbocycles. The quantitative estimate of drug-likeness (QED) is 0.687. The Morgan fingerprint density at radius 1 is 1.21 bits per heavy atom. The van der Waals surface area contributed by atoms with Gasteiger partial charge in [-0.1, -0.05) is 43.7 Å². The van der Waals surface area contributed by atoms with Gasteiger partial charge in [-0.3, -0.25) is 14.4 Å². The van der Waals surface area contributed by atoms with Crippen LogP contribution in [0.1, 0.15) is 36.4 Å². The molecule has 1 aliphatic rings. The highest BCUT2D eigenvalue weighted by Crippen LogP contribution is 2.24. The van der Waals surface area contributed by atoms with Crippen LogP contribution in [0.5, 0.6) is 0 Å². The molecule has 0 unspecified atom stereocenters. The highest BCUT2D eigenvalue weighted by molar-refractivity contribution is 7.09. The summed E-state index contributed by atoms with van der Waals surface area (Å²) in [5.74, 6) is -1.47. The molecule has 3 rings (SSSR count). The molecule has 1 aliphatic heterocycles. The standard InChI is InChI=1S/C20H24N4O3S/c1-2-3-10-23-11-12-24(20(27)19(23)26)17(15-7-5-4-6-8-15)18(25)22-14-16-21-9-13-28-16/h4-9,13,17H,2-3,10-12,14H2,1H3,(H,22,25)/t17-/m1/s1. The van der Waals surface area contributed by atoms with E-state index in [-0.39, 0.29) is 5.91 Å². The summed E-state index contributed by atoms with van der Waals surface area (Å²) in [5.41, 5.74) is 0.683. The average Bonchev–Trinajstić information content (AvgIpc) is 3.24. The Morgan fingerprint density at radius 2 is 2.00 bits per heavy atom. The van der Waals surface area contributed by atoms with Gasteiger partial charge in [-0.15, -0.1) is 11.3 Å². The molecule has 1 fully saturated rings. The number of nitrogens with one attached hydrogen (secondary N) is 1. The zero-order valence-corrected chi connectivity index (χ0v) is 16.7. The lowest BCUT2D eigenvalue weighted by Crippen LogP contribution is -2.57. The third-order valence-electron chi connectivity index (χ3n) is 4.70. The molecule has 1 aromatic carbocycles. The number of carbonyl (C=O) groups excluding carboxylic acids is 3. The fourth-order valence-corrected chi connectivity index (χ4v) is 3.76. The molecular weight excluding hydrogens is 376 g/mol. The monoisotopic (exact) mass is 400 g/mol. The zero-order chi connectivity index (χ0) is 19.9. The van der Waals surface area contributed by atoms with Crippen molar-refractivity contribution in [1.82, 2.24) is 20.1 Å². The number of benzene rings is 1. The summed E-state index contributed by atoms with van der Waals surface area (Å²) in [5, 5.41) is 5.48. The Bertz CT molecular complexity index is 810. The van der Waals surface area contributed by atoms with Gasteiger partial charge in [0, 0.05) is 31.2 Å². The van der Waals surface area contributed by atoms with Crippen LogP contribution in [0.4, 0.5) is 0 Å². The number of rotatable bonds is 8. The lowest BCUT2D eigenvalue weighted by molar-refractivity contribution is -0.159. The second-order valence-corrected chi connectivity index (χ2v) is 7.58. The maximum absolute atomic E-state index is 13.0. The Morgan fingerprint density at radius 3 is 2.68 bits per heavy atom. The van der Waals surface area contributed by atoms with Crippen molar-refractivity contribution in [2.24, 2.45) is 0 Å². The minimum absolute atomic E-state index is 0.290. The van der Waals surface area contributed by atoms with E-state index in [1.54, 1.807) is 23.2 Å². The maximum atomic E-state index is 13.0. The van der Waals surface area contributed by atoms with Gasteiger partial charge in [0.2, 0.25) is 5.91 Å². The molecule has 0 radical (unpaired) electrons. The highest BCUT2D eigenvalue weighted by atomic mass is 32.1. The minimum atomic E-state index is -0.842. The number of amides is 3. The largest absolute Gasteiger partial charge is 0.347 e. The number of unbranched alkanes of at least 4 members (excludes halogenated alkanes) is 1. The molecule has 1 atom stereocenters. The van der Waals surface area contributed by atoms with E-state index < -0.39 is 17.9 Å². The minimum Gasteiger partial charge on any atom is -0.347 e. The van der Waals surface area contributed by atoms with Gasteiger partial charge in [0.05, 0.1) is 6.54 Å². The van der Waals surface area contributed by atoms with E-state index in [9.17, 15) is 14.4 Å². The predicted molar refractivity (Wildman–Crippen MR) is 106 cm³/mol. The number of hydrogen-bond acceptors (Lipinski definition) is 5. The predicted octanol–water partition coefficient (Wildman–Crippen LogP) is 1.97. The van der Waals surface area contributed by atoms with E-state index in [4.69, 9.17) is 0 Å². The lowest BCUT2D eigenvalue weighted by Gasteiger charge is -2.38. The molecule has 1 N–H and O–H groups in total. The van der Waals surface area contributed by atoms with E-state index in [2.05, 4.69) is 10.3 Å². The fraction of sp³-hybridized carbons (Fsp3) is 0.400. The smallest absolute Gasteiger partial charge is 0.313 e. The normalized spacial score (nSPS) is 15.6. The first-order chi connectivity index (χ1) is 13.6. The Kier molecular flexibility index (Phi) is 6.76. The van der Waals surface area contributed by atoms with Gasteiger partial charge in [-0.05, 0) is 12.0 Å². The number of piperazine rings is 1. The van der Waals surface area contributed by atoms with Crippen molar-refractivity contribution in [2.45, 2.75) is 32.4 Å². The number of carbonyl (C=O) groups is 3. The molecule has 28 heavy (non-hydrogen) atoms. The van der Waals surface area contributed by atoms with Gasteiger partial charge < -0.3 is 15.1 Å². The van der Waals surface area contributed by atoms with Crippen LogP contribution in [0.25, 0.3) is 0 Å². The van der Waals surface area contributed by atoms with E-state index in [0.29, 0.717) is 31.7 Å². The third-order valence-corrected chi connectivity index (χ3v) is 5.48. The van der Waals surface area contributed by atoms with Gasteiger partial charge in [0.15, 0.2) is 0 Å². The molecule has 2 aromatic rings. The van der Waals surface area contributed by atoms with Crippen LogP contribution in [-0.4, -0.2) is 52.1 Å².